The molecule has 0 atom stereocenters. The lowest BCUT2D eigenvalue weighted by molar-refractivity contribution is 0.373. The normalized spacial score (nSPS) is 10.0. The first-order valence-electron chi connectivity index (χ1n) is 5.08. The molecule has 0 amide bonds. The quantitative estimate of drug-likeness (QED) is 0.877. The molecule has 2 rings (SSSR count). The largest absolute Gasteiger partial charge is 0.493 e. The van der Waals surface area contributed by atoms with E-state index in [1.807, 2.05) is 12.1 Å². The van der Waals surface area contributed by atoms with Gasteiger partial charge in [-0.3, -0.25) is 4.79 Å². The van der Waals surface area contributed by atoms with E-state index in [4.69, 9.17) is 9.47 Å². The number of ether oxygens (including phenoxy) is 2. The number of aromatic nitrogens is 2. The number of H-pyrrole nitrogens is 1. The highest BCUT2D eigenvalue weighted by atomic mass is 16.5. The average molecular weight is 232 g/mol. The topological polar surface area (TPSA) is 64.2 Å². The van der Waals surface area contributed by atoms with Crippen molar-refractivity contribution in [2.24, 2.45) is 0 Å². The molecule has 0 aliphatic carbocycles. The molecule has 0 radical (unpaired) electrons. The van der Waals surface area contributed by atoms with Gasteiger partial charge in [-0.1, -0.05) is 12.1 Å². The van der Waals surface area contributed by atoms with Crippen molar-refractivity contribution in [1.29, 1.82) is 0 Å². The third-order valence-electron chi connectivity index (χ3n) is 2.12. The van der Waals surface area contributed by atoms with Gasteiger partial charge in [-0.2, -0.15) is 0 Å². The van der Waals surface area contributed by atoms with Crippen molar-refractivity contribution >= 4 is 0 Å². The second kappa shape index (κ2) is 4.69. The standard InChI is InChI=1S/C12H12N2O3/c1-8-13-11(15)7-12(14-8)17-10-6-4-3-5-9(10)16-2/h3-7H,1-2H3,(H,13,14,15). The molecule has 0 spiro atoms. The molecule has 0 aliphatic rings. The molecule has 0 bridgehead atoms. The Morgan fingerprint density at radius 1 is 1.24 bits per heavy atom. The SMILES string of the molecule is COc1ccccc1Oc1cc(=O)[nH]c(C)n1. The van der Waals surface area contributed by atoms with Crippen LogP contribution in [0.4, 0.5) is 0 Å². The number of aryl methyl sites for hydroxylation is 1. The monoisotopic (exact) mass is 232 g/mol. The van der Waals surface area contributed by atoms with Gasteiger partial charge in [-0.05, 0) is 19.1 Å². The van der Waals surface area contributed by atoms with E-state index in [-0.39, 0.29) is 11.4 Å². The molecule has 1 aromatic heterocycles. The van der Waals surface area contributed by atoms with Crippen molar-refractivity contribution in [3.63, 3.8) is 0 Å². The van der Waals surface area contributed by atoms with E-state index in [0.29, 0.717) is 17.3 Å². The van der Waals surface area contributed by atoms with Crippen LogP contribution >= 0.6 is 0 Å². The third kappa shape index (κ3) is 2.63. The summed E-state index contributed by atoms with van der Waals surface area (Å²) >= 11 is 0. The lowest BCUT2D eigenvalue weighted by atomic mass is 10.3. The number of benzene rings is 1. The number of hydrogen-bond donors (Lipinski definition) is 1. The van der Waals surface area contributed by atoms with Gasteiger partial charge in [-0.25, -0.2) is 4.98 Å². The first-order chi connectivity index (χ1) is 8.19. The maximum absolute atomic E-state index is 11.2. The summed E-state index contributed by atoms with van der Waals surface area (Å²) in [4.78, 5) is 17.9. The van der Waals surface area contributed by atoms with Gasteiger partial charge in [0.1, 0.15) is 5.82 Å². The van der Waals surface area contributed by atoms with Crippen molar-refractivity contribution in [2.75, 3.05) is 7.11 Å². The summed E-state index contributed by atoms with van der Waals surface area (Å²) < 4.78 is 10.6. The minimum Gasteiger partial charge on any atom is -0.493 e. The van der Waals surface area contributed by atoms with E-state index in [1.165, 1.54) is 6.07 Å². The highest BCUT2D eigenvalue weighted by Crippen LogP contribution is 2.29. The predicted molar refractivity (Wildman–Crippen MR) is 62.7 cm³/mol. The first-order valence-corrected chi connectivity index (χ1v) is 5.08. The number of aromatic amines is 1. The van der Waals surface area contributed by atoms with Crippen LogP contribution in [0.1, 0.15) is 5.82 Å². The lowest BCUT2D eigenvalue weighted by Gasteiger charge is -2.08. The molecular formula is C12H12N2O3. The summed E-state index contributed by atoms with van der Waals surface area (Å²) in [6.07, 6.45) is 0. The van der Waals surface area contributed by atoms with Gasteiger partial charge in [0.25, 0.3) is 5.56 Å². The second-order valence-electron chi connectivity index (χ2n) is 3.42. The van der Waals surface area contributed by atoms with Crippen molar-refractivity contribution in [1.82, 2.24) is 9.97 Å². The molecule has 5 heteroatoms. The van der Waals surface area contributed by atoms with Crippen LogP contribution in [-0.2, 0) is 0 Å². The zero-order valence-electron chi connectivity index (χ0n) is 9.56. The van der Waals surface area contributed by atoms with Crippen LogP contribution in [0.3, 0.4) is 0 Å². The van der Waals surface area contributed by atoms with Crippen LogP contribution in [0.15, 0.2) is 35.1 Å². The molecule has 1 aromatic carbocycles. The summed E-state index contributed by atoms with van der Waals surface area (Å²) in [5.74, 6) is 1.86. The maximum Gasteiger partial charge on any atom is 0.254 e. The zero-order valence-corrected chi connectivity index (χ0v) is 9.56. The first kappa shape index (κ1) is 11.2. The average Bonchev–Trinajstić information content (AvgIpc) is 2.28. The molecular weight excluding hydrogens is 220 g/mol. The minimum atomic E-state index is -0.248. The minimum absolute atomic E-state index is 0.246. The summed E-state index contributed by atoms with van der Waals surface area (Å²) in [5.41, 5.74) is -0.248. The molecule has 0 aliphatic heterocycles. The van der Waals surface area contributed by atoms with Gasteiger partial charge < -0.3 is 14.5 Å². The summed E-state index contributed by atoms with van der Waals surface area (Å²) in [5, 5.41) is 0. The Balaban J connectivity index is 2.34. The van der Waals surface area contributed by atoms with Crippen LogP contribution in [0, 0.1) is 6.92 Å². The molecule has 2 aromatic rings. The molecule has 5 nitrogen and oxygen atoms in total. The van der Waals surface area contributed by atoms with Crippen molar-refractivity contribution in [3.8, 4) is 17.4 Å². The zero-order chi connectivity index (χ0) is 12.3. The molecule has 88 valence electrons. The second-order valence-corrected chi connectivity index (χ2v) is 3.42. The van der Waals surface area contributed by atoms with Crippen molar-refractivity contribution in [3.05, 3.63) is 46.5 Å². The van der Waals surface area contributed by atoms with Crippen molar-refractivity contribution in [2.45, 2.75) is 6.92 Å². The number of nitrogens with one attached hydrogen (secondary N) is 1. The number of para-hydroxylation sites is 2. The smallest absolute Gasteiger partial charge is 0.254 e. The Morgan fingerprint density at radius 3 is 2.59 bits per heavy atom. The summed E-state index contributed by atoms with van der Waals surface area (Å²) in [7, 11) is 1.55. The van der Waals surface area contributed by atoms with Crippen LogP contribution in [0.25, 0.3) is 0 Å². The Morgan fingerprint density at radius 2 is 1.94 bits per heavy atom. The molecule has 1 heterocycles. The lowest BCUT2D eigenvalue weighted by Crippen LogP contribution is -2.08. The van der Waals surface area contributed by atoms with Crippen LogP contribution in [-0.4, -0.2) is 17.1 Å². The molecule has 0 unspecified atom stereocenters. The van der Waals surface area contributed by atoms with E-state index in [2.05, 4.69) is 9.97 Å². The Kier molecular flexibility index (Phi) is 3.09. The molecule has 0 saturated carbocycles. The van der Waals surface area contributed by atoms with Crippen LogP contribution in [0.2, 0.25) is 0 Å². The van der Waals surface area contributed by atoms with Crippen molar-refractivity contribution < 1.29 is 9.47 Å². The Bertz CT molecular complexity index is 578. The number of methoxy groups -OCH3 is 1. The number of hydrogen-bond acceptors (Lipinski definition) is 4. The number of nitrogens with zero attached hydrogens (tertiary/aromatic N) is 1. The van der Waals surface area contributed by atoms with Gasteiger partial charge in [0.2, 0.25) is 5.88 Å². The fourth-order valence-corrected chi connectivity index (χ4v) is 1.42. The highest BCUT2D eigenvalue weighted by molar-refractivity contribution is 5.41. The number of rotatable bonds is 3. The van der Waals surface area contributed by atoms with Gasteiger partial charge in [-0.15, -0.1) is 0 Å². The predicted octanol–water partition coefficient (Wildman–Crippen LogP) is 1.88. The Hall–Kier alpha value is -2.30. The molecule has 17 heavy (non-hydrogen) atoms. The van der Waals surface area contributed by atoms with Crippen LogP contribution in [0.5, 0.6) is 17.4 Å². The van der Waals surface area contributed by atoms with Gasteiger partial charge in [0.05, 0.1) is 13.2 Å². The molecule has 0 fully saturated rings. The molecule has 1 N–H and O–H groups in total. The van der Waals surface area contributed by atoms with Gasteiger partial charge >= 0.3 is 0 Å². The maximum atomic E-state index is 11.2. The van der Waals surface area contributed by atoms with E-state index in [9.17, 15) is 4.79 Å². The highest BCUT2D eigenvalue weighted by Gasteiger charge is 2.06. The summed E-state index contributed by atoms with van der Waals surface area (Å²) in [6.45, 7) is 1.69. The van der Waals surface area contributed by atoms with Gasteiger partial charge in [0.15, 0.2) is 11.5 Å². The Labute approximate surface area is 98.0 Å². The summed E-state index contributed by atoms with van der Waals surface area (Å²) in [6, 6.07) is 8.46. The van der Waals surface area contributed by atoms with E-state index in [1.54, 1.807) is 26.2 Å². The fraction of sp³-hybridized carbons (Fsp3) is 0.167. The molecule has 0 saturated heterocycles. The van der Waals surface area contributed by atoms with E-state index < -0.39 is 0 Å². The van der Waals surface area contributed by atoms with Gasteiger partial charge in [0, 0.05) is 0 Å². The van der Waals surface area contributed by atoms with E-state index >= 15 is 0 Å². The fourth-order valence-electron chi connectivity index (χ4n) is 1.42. The van der Waals surface area contributed by atoms with Crippen LogP contribution < -0.4 is 15.0 Å². The van der Waals surface area contributed by atoms with E-state index in [0.717, 1.165) is 0 Å². The third-order valence-corrected chi connectivity index (χ3v) is 2.12.